The van der Waals surface area contributed by atoms with Crippen LogP contribution in [0.5, 0.6) is 0 Å². The minimum absolute atomic E-state index is 0.808. The second kappa shape index (κ2) is 5.74. The van der Waals surface area contributed by atoms with Crippen LogP contribution in [-0.4, -0.2) is 25.1 Å². The lowest BCUT2D eigenvalue weighted by molar-refractivity contribution is -0.677. The summed E-state index contributed by atoms with van der Waals surface area (Å²) in [5.74, 6) is 1.27. The summed E-state index contributed by atoms with van der Waals surface area (Å²) in [5.41, 5.74) is 0. The molecule has 1 heterocycles. The molecule has 0 radical (unpaired) electrons. The first kappa shape index (κ1) is 13.1. The van der Waals surface area contributed by atoms with Gasteiger partial charge in [-0.25, -0.2) is 18.0 Å². The molecule has 0 saturated heterocycles. The summed E-state index contributed by atoms with van der Waals surface area (Å²) in [5, 5.41) is 0. The van der Waals surface area contributed by atoms with Crippen LogP contribution >= 0.6 is 0 Å². The molecule has 0 aliphatic carbocycles. The number of nitrogens with zero attached hydrogens (tertiary/aromatic N) is 1. The van der Waals surface area contributed by atoms with E-state index in [4.69, 9.17) is 0 Å². The summed E-state index contributed by atoms with van der Waals surface area (Å²) in [6, 6.07) is 0. The van der Waals surface area contributed by atoms with Gasteiger partial charge in [0.15, 0.2) is 0 Å². The van der Waals surface area contributed by atoms with Gasteiger partial charge in [0.1, 0.15) is 12.4 Å². The molecule has 1 rings (SSSR count). The minimum Gasteiger partial charge on any atom is -0.726 e. The predicted molar refractivity (Wildman–Crippen MR) is 48.1 cm³/mol. The van der Waals surface area contributed by atoms with E-state index < -0.39 is 10.4 Å². The number of hydrogen-bond acceptors (Lipinski definition) is 4. The third kappa shape index (κ3) is 5.68. The fourth-order valence-corrected chi connectivity index (χ4v) is 0.789. The van der Waals surface area contributed by atoms with Gasteiger partial charge in [0.25, 0.3) is 5.82 Å². The summed E-state index contributed by atoms with van der Waals surface area (Å²) in [4.78, 5) is 3.12. The number of nitrogens with one attached hydrogen (secondary N) is 1. The summed E-state index contributed by atoms with van der Waals surface area (Å²) >= 11 is 0. The zero-order chi connectivity index (χ0) is 11.2. The quantitative estimate of drug-likeness (QED) is 0.415. The van der Waals surface area contributed by atoms with Crippen molar-refractivity contribution in [2.24, 2.45) is 7.05 Å². The summed E-state index contributed by atoms with van der Waals surface area (Å²) in [6.45, 7) is 2.13. The number of H-pyrrole nitrogens is 1. The molecule has 14 heavy (non-hydrogen) atoms. The fourth-order valence-electron chi connectivity index (χ4n) is 0.789. The molecule has 0 amide bonds. The van der Waals surface area contributed by atoms with Gasteiger partial charge in [-0.2, -0.15) is 0 Å². The van der Waals surface area contributed by atoms with Gasteiger partial charge in [-0.3, -0.25) is 4.18 Å². The van der Waals surface area contributed by atoms with Crippen molar-refractivity contribution < 1.29 is 21.7 Å². The number of imidazole rings is 1. The topological polar surface area (TPSA) is 86.1 Å². The first-order valence-electron chi connectivity index (χ1n) is 3.94. The molecule has 0 bridgehead atoms. The van der Waals surface area contributed by atoms with E-state index in [0.29, 0.717) is 0 Å². The summed E-state index contributed by atoms with van der Waals surface area (Å²) in [7, 11) is -1.57. The molecular weight excluding hydrogens is 208 g/mol. The van der Waals surface area contributed by atoms with Crippen LogP contribution in [0, 0.1) is 0 Å². The monoisotopic (exact) mass is 222 g/mol. The molecule has 0 aliphatic heterocycles. The lowest BCUT2D eigenvalue weighted by Crippen LogP contribution is -2.29. The van der Waals surface area contributed by atoms with Gasteiger partial charge in [0.05, 0.1) is 14.2 Å². The molecule has 82 valence electrons. The molecule has 1 aromatic rings. The van der Waals surface area contributed by atoms with Gasteiger partial charge < -0.3 is 4.55 Å². The Bertz CT molecular complexity index is 358. The fraction of sp³-hybridized carbons (Fsp3) is 0.571. The molecule has 0 atom stereocenters. The number of aromatic amines is 1. The van der Waals surface area contributed by atoms with E-state index in [1.807, 2.05) is 19.4 Å². The maximum atomic E-state index is 9.22. The highest BCUT2D eigenvalue weighted by Crippen LogP contribution is 1.82. The first-order valence-corrected chi connectivity index (χ1v) is 5.27. The third-order valence-electron chi connectivity index (χ3n) is 1.51. The lowest BCUT2D eigenvalue weighted by atomic mass is 10.5. The van der Waals surface area contributed by atoms with Gasteiger partial charge >= 0.3 is 0 Å². The predicted octanol–water partition coefficient (Wildman–Crippen LogP) is -0.505. The SMILES string of the molecule is CCc1[nH]cc[n+]1C.COS(=O)(=O)[O-]. The molecule has 6 nitrogen and oxygen atoms in total. The van der Waals surface area contributed by atoms with Crippen LogP contribution in [0.4, 0.5) is 0 Å². The number of aromatic nitrogens is 2. The van der Waals surface area contributed by atoms with E-state index in [9.17, 15) is 13.0 Å². The molecule has 1 aromatic heterocycles. The average molecular weight is 222 g/mol. The molecule has 7 heteroatoms. The van der Waals surface area contributed by atoms with Crippen molar-refractivity contribution in [3.05, 3.63) is 18.2 Å². The Hall–Kier alpha value is -0.920. The van der Waals surface area contributed by atoms with Crippen molar-refractivity contribution >= 4 is 10.4 Å². The second-order valence-corrected chi connectivity index (χ2v) is 3.60. The van der Waals surface area contributed by atoms with Gasteiger partial charge in [0.2, 0.25) is 10.4 Å². The summed E-state index contributed by atoms with van der Waals surface area (Å²) < 4.78 is 33.1. The van der Waals surface area contributed by atoms with Crippen LogP contribution in [0.15, 0.2) is 12.4 Å². The van der Waals surface area contributed by atoms with E-state index in [-0.39, 0.29) is 0 Å². The Labute approximate surface area is 83.5 Å². The molecule has 0 aliphatic rings. The second-order valence-electron chi connectivity index (χ2n) is 2.45. The largest absolute Gasteiger partial charge is 0.726 e. The molecule has 1 N–H and O–H groups in total. The maximum Gasteiger partial charge on any atom is 0.253 e. The van der Waals surface area contributed by atoms with Crippen molar-refractivity contribution in [1.82, 2.24) is 4.98 Å². The zero-order valence-corrected chi connectivity index (χ0v) is 9.17. The Balaban J connectivity index is 0.000000255. The van der Waals surface area contributed by atoms with Crippen LogP contribution in [0.1, 0.15) is 12.7 Å². The van der Waals surface area contributed by atoms with E-state index >= 15 is 0 Å². The van der Waals surface area contributed by atoms with Crippen molar-refractivity contribution in [2.75, 3.05) is 7.11 Å². The Morgan fingerprint density at radius 1 is 1.64 bits per heavy atom. The van der Waals surface area contributed by atoms with Gasteiger partial charge in [-0.1, -0.05) is 6.92 Å². The van der Waals surface area contributed by atoms with Crippen molar-refractivity contribution in [1.29, 1.82) is 0 Å². The normalized spacial score (nSPS) is 10.6. The third-order valence-corrected chi connectivity index (χ3v) is 1.92. The van der Waals surface area contributed by atoms with Gasteiger partial charge in [-0.05, 0) is 0 Å². The minimum atomic E-state index is -4.41. The van der Waals surface area contributed by atoms with E-state index in [1.165, 1.54) is 5.82 Å². The lowest BCUT2D eigenvalue weighted by Gasteiger charge is -1.98. The van der Waals surface area contributed by atoms with E-state index in [2.05, 4.69) is 20.7 Å². The number of hydrogen-bond donors (Lipinski definition) is 1. The zero-order valence-electron chi connectivity index (χ0n) is 8.35. The molecule has 0 unspecified atom stereocenters. The molecule has 0 fully saturated rings. The molecular formula is C7H14N2O4S. The first-order chi connectivity index (χ1) is 6.40. The highest BCUT2D eigenvalue weighted by atomic mass is 32.3. The van der Waals surface area contributed by atoms with Crippen molar-refractivity contribution in [3.63, 3.8) is 0 Å². The van der Waals surface area contributed by atoms with Crippen LogP contribution in [0.2, 0.25) is 0 Å². The smallest absolute Gasteiger partial charge is 0.253 e. The van der Waals surface area contributed by atoms with Gasteiger partial charge in [-0.15, -0.1) is 0 Å². The standard InChI is InChI=1S/C6H10N2.CH4O4S/c1-3-6-7-4-5-8(6)2;1-5-6(2,3)4/h4-5H,3H2,1-2H3;1H3,(H,2,3,4). The van der Waals surface area contributed by atoms with Gasteiger partial charge in [0, 0.05) is 6.42 Å². The van der Waals surface area contributed by atoms with Crippen LogP contribution < -0.4 is 4.57 Å². The molecule has 0 spiro atoms. The van der Waals surface area contributed by atoms with E-state index in [1.54, 1.807) is 0 Å². The maximum absolute atomic E-state index is 9.22. The number of aryl methyl sites for hydroxylation is 2. The highest BCUT2D eigenvalue weighted by Gasteiger charge is 1.99. The van der Waals surface area contributed by atoms with Crippen LogP contribution in [-0.2, 0) is 28.1 Å². The number of rotatable bonds is 2. The molecule has 0 saturated carbocycles. The van der Waals surface area contributed by atoms with E-state index in [0.717, 1.165) is 13.5 Å². The van der Waals surface area contributed by atoms with Crippen LogP contribution in [0.25, 0.3) is 0 Å². The summed E-state index contributed by atoms with van der Waals surface area (Å²) in [6.07, 6.45) is 5.03. The Kier molecular flexibility index (Phi) is 5.36. The Morgan fingerprint density at radius 3 is 2.29 bits per heavy atom. The molecule has 0 aromatic carbocycles. The van der Waals surface area contributed by atoms with Crippen molar-refractivity contribution in [2.45, 2.75) is 13.3 Å². The van der Waals surface area contributed by atoms with Crippen molar-refractivity contribution in [3.8, 4) is 0 Å². The highest BCUT2D eigenvalue weighted by molar-refractivity contribution is 7.80. The van der Waals surface area contributed by atoms with Crippen LogP contribution in [0.3, 0.4) is 0 Å². The Morgan fingerprint density at radius 2 is 2.14 bits per heavy atom. The average Bonchev–Trinajstić information content (AvgIpc) is 2.51.